The van der Waals surface area contributed by atoms with Crippen molar-refractivity contribution in [2.24, 2.45) is 0 Å². The first-order valence-electron chi connectivity index (χ1n) is 10.9. The van der Waals surface area contributed by atoms with E-state index in [1.54, 1.807) is 15.2 Å². The Morgan fingerprint density at radius 2 is 1.88 bits per heavy atom. The van der Waals surface area contributed by atoms with Gasteiger partial charge >= 0.3 is 5.69 Å². The van der Waals surface area contributed by atoms with Crippen LogP contribution in [0.4, 0.5) is 5.69 Å². The lowest BCUT2D eigenvalue weighted by atomic mass is 9.97. The van der Waals surface area contributed by atoms with Gasteiger partial charge in [0.25, 0.3) is 0 Å². The summed E-state index contributed by atoms with van der Waals surface area (Å²) in [6.07, 6.45) is 3.59. The molecular weight excluding hydrogens is 436 g/mol. The number of benzene rings is 2. The number of aromatic amines is 1. The van der Waals surface area contributed by atoms with Gasteiger partial charge in [-0.05, 0) is 36.1 Å². The highest BCUT2D eigenvalue weighted by Gasteiger charge is 2.18. The molecule has 5 rings (SSSR count). The molecule has 4 aromatic rings. The summed E-state index contributed by atoms with van der Waals surface area (Å²) < 4.78 is 3.29. The van der Waals surface area contributed by atoms with E-state index in [-0.39, 0.29) is 5.69 Å². The summed E-state index contributed by atoms with van der Waals surface area (Å²) in [6.45, 7) is 7.34. The van der Waals surface area contributed by atoms with Crippen molar-refractivity contribution in [2.45, 2.75) is 33.2 Å². The van der Waals surface area contributed by atoms with E-state index < -0.39 is 0 Å². The third kappa shape index (κ3) is 4.00. The van der Waals surface area contributed by atoms with Gasteiger partial charge in [-0.25, -0.2) is 14.8 Å². The minimum Gasteiger partial charge on any atom is -0.325 e. The lowest BCUT2D eigenvalue weighted by Crippen LogP contribution is -2.21. The molecule has 0 fully saturated rings. The third-order valence-corrected chi connectivity index (χ3v) is 6.16. The molecule has 0 atom stereocenters. The summed E-state index contributed by atoms with van der Waals surface area (Å²) in [4.78, 5) is 27.0. The Hall–Kier alpha value is -3.58. The fourth-order valence-corrected chi connectivity index (χ4v) is 4.48. The zero-order valence-corrected chi connectivity index (χ0v) is 19.5. The van der Waals surface area contributed by atoms with Crippen molar-refractivity contribution in [2.75, 3.05) is 11.6 Å². The number of aromatic nitrogens is 4. The number of hydrogen-bond donors (Lipinski definition) is 1. The second-order valence-electron chi connectivity index (χ2n) is 8.60. The van der Waals surface area contributed by atoms with Crippen LogP contribution in [0, 0.1) is 0 Å². The molecule has 0 amide bonds. The maximum atomic E-state index is 12.7. The molecule has 0 saturated carbocycles. The third-order valence-electron chi connectivity index (χ3n) is 5.95. The lowest BCUT2D eigenvalue weighted by molar-refractivity contribution is 0.648. The van der Waals surface area contributed by atoms with Gasteiger partial charge in [0.15, 0.2) is 11.5 Å². The first-order chi connectivity index (χ1) is 15.9. The van der Waals surface area contributed by atoms with Crippen molar-refractivity contribution < 1.29 is 0 Å². The number of nitrogens with zero attached hydrogens (tertiary/aromatic N) is 5. The van der Waals surface area contributed by atoms with Gasteiger partial charge in [-0.15, -0.1) is 0 Å². The summed E-state index contributed by atoms with van der Waals surface area (Å²) in [6, 6.07) is 16.3. The van der Waals surface area contributed by atoms with Crippen molar-refractivity contribution in [3.05, 3.63) is 88.2 Å². The maximum Gasteiger partial charge on any atom is 0.328 e. The predicted octanol–water partition coefficient (Wildman–Crippen LogP) is 5.05. The number of fused-ring (bicyclic) bond motifs is 1. The summed E-state index contributed by atoms with van der Waals surface area (Å²) in [5.41, 5.74) is 6.33. The highest BCUT2D eigenvalue weighted by atomic mass is 35.5. The number of allylic oxidation sites excluding steroid dienone is 1. The zero-order chi connectivity index (χ0) is 23.1. The van der Waals surface area contributed by atoms with Crippen LogP contribution in [0.3, 0.4) is 0 Å². The highest BCUT2D eigenvalue weighted by molar-refractivity contribution is 6.14. The normalized spacial score (nSPS) is 13.9. The molecule has 0 radical (unpaired) electrons. The van der Waals surface area contributed by atoms with Crippen LogP contribution < -0.4 is 10.6 Å². The Morgan fingerprint density at radius 1 is 1.12 bits per heavy atom. The molecule has 1 aliphatic heterocycles. The maximum absolute atomic E-state index is 12.7. The van der Waals surface area contributed by atoms with E-state index in [9.17, 15) is 4.79 Å². The monoisotopic (exact) mass is 460 g/mol. The smallest absolute Gasteiger partial charge is 0.325 e. The molecule has 2 aromatic heterocycles. The van der Waals surface area contributed by atoms with Crippen molar-refractivity contribution >= 4 is 28.6 Å². The van der Waals surface area contributed by atoms with Crippen LogP contribution >= 0.6 is 11.8 Å². The molecule has 2 aromatic carbocycles. The molecule has 1 aliphatic rings. The zero-order valence-electron chi connectivity index (χ0n) is 18.8. The van der Waals surface area contributed by atoms with E-state index in [0.29, 0.717) is 36.1 Å². The number of imidazole rings is 1. The second-order valence-corrected chi connectivity index (χ2v) is 9.03. The fraction of sp³-hybridized carbons (Fsp3) is 0.240. The van der Waals surface area contributed by atoms with E-state index in [1.165, 1.54) is 5.56 Å². The number of rotatable bonds is 5. The minimum atomic E-state index is -0.200. The highest BCUT2D eigenvalue weighted by Crippen LogP contribution is 2.28. The molecule has 3 heterocycles. The summed E-state index contributed by atoms with van der Waals surface area (Å²) >= 11 is 6.10. The Kier molecular flexibility index (Phi) is 5.42. The van der Waals surface area contributed by atoms with E-state index in [4.69, 9.17) is 16.8 Å². The number of nitrogens with one attached hydrogen (secondary N) is 1. The van der Waals surface area contributed by atoms with E-state index in [0.717, 1.165) is 22.5 Å². The molecule has 0 bridgehead atoms. The fourth-order valence-electron chi connectivity index (χ4n) is 4.24. The van der Waals surface area contributed by atoms with Crippen LogP contribution in [0.1, 0.15) is 37.8 Å². The van der Waals surface area contributed by atoms with Gasteiger partial charge in [-0.2, -0.15) is 0 Å². The van der Waals surface area contributed by atoms with E-state index >= 15 is 0 Å². The number of anilines is 1. The van der Waals surface area contributed by atoms with Crippen molar-refractivity contribution in [1.82, 2.24) is 23.9 Å². The van der Waals surface area contributed by atoms with Crippen LogP contribution in [-0.2, 0) is 6.54 Å². The molecule has 33 heavy (non-hydrogen) atoms. The first-order valence-corrected chi connectivity index (χ1v) is 11.3. The minimum absolute atomic E-state index is 0.200. The van der Waals surface area contributed by atoms with Crippen LogP contribution in [0.2, 0.25) is 0 Å². The van der Waals surface area contributed by atoms with Crippen LogP contribution in [0.25, 0.3) is 22.6 Å². The molecule has 0 spiro atoms. The summed E-state index contributed by atoms with van der Waals surface area (Å²) in [7, 11) is 0. The average Bonchev–Trinajstić information content (AvgIpc) is 3.31. The molecule has 1 N–H and O–H groups in total. The molecule has 7 nitrogen and oxygen atoms in total. The molecule has 8 heteroatoms. The molecule has 0 unspecified atom stereocenters. The van der Waals surface area contributed by atoms with Crippen molar-refractivity contribution in [3.8, 4) is 11.4 Å². The Bertz CT molecular complexity index is 1400. The van der Waals surface area contributed by atoms with Gasteiger partial charge < -0.3 is 9.88 Å². The topological polar surface area (TPSA) is 70.0 Å². The van der Waals surface area contributed by atoms with Gasteiger partial charge in [-0.3, -0.25) is 8.99 Å². The van der Waals surface area contributed by atoms with E-state index in [1.807, 2.05) is 55.6 Å². The number of halogens is 1. The quantitative estimate of drug-likeness (QED) is 0.422. The number of hydrogen-bond acceptors (Lipinski definition) is 5. The van der Waals surface area contributed by atoms with Crippen LogP contribution in [0.5, 0.6) is 0 Å². The largest absolute Gasteiger partial charge is 0.328 e. The van der Waals surface area contributed by atoms with Gasteiger partial charge in [0.2, 0.25) is 0 Å². The van der Waals surface area contributed by atoms with E-state index in [2.05, 4.69) is 34.8 Å². The van der Waals surface area contributed by atoms with Crippen molar-refractivity contribution in [1.29, 1.82) is 0 Å². The summed E-state index contributed by atoms with van der Waals surface area (Å²) in [5.74, 6) is 0.962. The Balaban J connectivity index is 1.48. The lowest BCUT2D eigenvalue weighted by Gasteiger charge is -2.20. The van der Waals surface area contributed by atoms with Gasteiger partial charge in [-0.1, -0.05) is 50.2 Å². The summed E-state index contributed by atoms with van der Waals surface area (Å²) in [5, 5.41) is 0. The predicted molar refractivity (Wildman–Crippen MR) is 132 cm³/mol. The molecule has 168 valence electrons. The Labute approximate surface area is 197 Å². The van der Waals surface area contributed by atoms with Gasteiger partial charge in [0.05, 0.1) is 12.7 Å². The first kappa shape index (κ1) is 21.3. The van der Waals surface area contributed by atoms with Crippen molar-refractivity contribution in [3.63, 3.8) is 0 Å². The second kappa shape index (κ2) is 8.41. The molecule has 0 aliphatic carbocycles. The molecule has 0 saturated heterocycles. The van der Waals surface area contributed by atoms with Crippen LogP contribution in [0.15, 0.2) is 71.4 Å². The Morgan fingerprint density at radius 3 is 2.58 bits per heavy atom. The van der Waals surface area contributed by atoms with Gasteiger partial charge in [0.1, 0.15) is 12.2 Å². The standard InChI is InChI=1S/C25H25ClN6O/c1-16(2)20-6-4-5-7-21(20)23-27-12-22-24(29-23)31(25(33)28-22)14-18-8-10-19(11-9-18)32-15-30(26)13-17(32)3/h4-13,16H,14-15H2,1-3H3,(H,28,33). The molecular formula is C25H25ClN6O. The van der Waals surface area contributed by atoms with Crippen LogP contribution in [-0.4, -0.2) is 30.6 Å². The number of H-pyrrole nitrogens is 1. The average molecular weight is 461 g/mol. The SMILES string of the molecule is CC1=CN(Cl)CN1c1ccc(Cn2c(=O)[nH]c3cnc(-c4ccccc4C(C)C)nc32)cc1. The van der Waals surface area contributed by atoms with Gasteiger partial charge in [0, 0.05) is 34.9 Å².